The summed E-state index contributed by atoms with van der Waals surface area (Å²) in [6.07, 6.45) is 4.67. The minimum absolute atomic E-state index is 0. The van der Waals surface area contributed by atoms with Gasteiger partial charge < -0.3 is 15.8 Å². The summed E-state index contributed by atoms with van der Waals surface area (Å²) in [6, 6.07) is 8.61. The van der Waals surface area contributed by atoms with E-state index >= 15 is 0 Å². The van der Waals surface area contributed by atoms with Crippen LogP contribution < -0.4 is 11.1 Å². The third-order valence-corrected chi connectivity index (χ3v) is 3.78. The van der Waals surface area contributed by atoms with Crippen LogP contribution in [0, 0.1) is 0 Å². The number of nitrogens with one attached hydrogen (secondary N) is 1. The molecule has 0 fully saturated rings. The highest BCUT2D eigenvalue weighted by molar-refractivity contribution is 14.0. The van der Waals surface area contributed by atoms with Crippen molar-refractivity contribution in [1.82, 2.24) is 5.32 Å². The summed E-state index contributed by atoms with van der Waals surface area (Å²) in [5.41, 5.74) is 9.57. The molecule has 0 bridgehead atoms. The maximum atomic E-state index is 6.05. The van der Waals surface area contributed by atoms with Crippen molar-refractivity contribution < 1.29 is 4.74 Å². The predicted molar refractivity (Wildman–Crippen MR) is 107 cm³/mol. The standard InChI is InChI=1S/C18H27N3O.HI/c1-14(2)13-21-18(19)20-11-6-12-22-17-10-5-8-15-7-3-4-9-16(15)17;/h3-4,7,9,17H,1,5-6,8,10-13H2,2H3,(H3,19,20,21);1H. The van der Waals surface area contributed by atoms with Crippen molar-refractivity contribution in [3.8, 4) is 0 Å². The van der Waals surface area contributed by atoms with E-state index in [4.69, 9.17) is 10.5 Å². The van der Waals surface area contributed by atoms with Crippen LogP contribution in [-0.4, -0.2) is 25.7 Å². The molecule has 0 aliphatic heterocycles. The topological polar surface area (TPSA) is 59.6 Å². The van der Waals surface area contributed by atoms with Crippen molar-refractivity contribution in [1.29, 1.82) is 0 Å². The Morgan fingerprint density at radius 2 is 2.22 bits per heavy atom. The summed E-state index contributed by atoms with van der Waals surface area (Å²) >= 11 is 0. The third-order valence-electron chi connectivity index (χ3n) is 3.78. The van der Waals surface area contributed by atoms with Gasteiger partial charge in [-0.15, -0.1) is 24.0 Å². The summed E-state index contributed by atoms with van der Waals surface area (Å²) < 4.78 is 6.05. The zero-order valence-electron chi connectivity index (χ0n) is 13.9. The molecule has 1 unspecified atom stereocenters. The molecule has 23 heavy (non-hydrogen) atoms. The van der Waals surface area contributed by atoms with Gasteiger partial charge in [0.2, 0.25) is 0 Å². The van der Waals surface area contributed by atoms with Gasteiger partial charge in [0.05, 0.1) is 12.6 Å². The molecule has 3 N–H and O–H groups in total. The number of nitrogens with zero attached hydrogens (tertiary/aromatic N) is 1. The molecule has 128 valence electrons. The zero-order chi connectivity index (χ0) is 15.8. The number of hydrogen-bond donors (Lipinski definition) is 2. The highest BCUT2D eigenvalue weighted by Crippen LogP contribution is 2.32. The molecule has 0 radical (unpaired) electrons. The Morgan fingerprint density at radius 1 is 1.43 bits per heavy atom. The van der Waals surface area contributed by atoms with Crippen LogP contribution in [0.4, 0.5) is 0 Å². The van der Waals surface area contributed by atoms with E-state index in [2.05, 4.69) is 41.2 Å². The van der Waals surface area contributed by atoms with E-state index in [1.165, 1.54) is 24.0 Å². The second-order valence-electron chi connectivity index (χ2n) is 5.89. The van der Waals surface area contributed by atoms with Gasteiger partial charge in [-0.1, -0.05) is 36.4 Å². The molecule has 1 aromatic carbocycles. The van der Waals surface area contributed by atoms with Crippen LogP contribution in [0.15, 0.2) is 41.4 Å². The van der Waals surface area contributed by atoms with Gasteiger partial charge in [-0.2, -0.15) is 0 Å². The van der Waals surface area contributed by atoms with Crippen LogP contribution in [0.25, 0.3) is 0 Å². The van der Waals surface area contributed by atoms with Crippen LogP contribution in [0.2, 0.25) is 0 Å². The van der Waals surface area contributed by atoms with Crippen molar-refractivity contribution in [2.24, 2.45) is 10.7 Å². The van der Waals surface area contributed by atoms with Crippen molar-refractivity contribution in [3.05, 3.63) is 47.5 Å². The van der Waals surface area contributed by atoms with E-state index in [1.54, 1.807) is 0 Å². The van der Waals surface area contributed by atoms with Crippen LogP contribution in [0.3, 0.4) is 0 Å². The Bertz CT molecular complexity index is 531. The smallest absolute Gasteiger partial charge is 0.188 e. The molecule has 1 atom stereocenters. The second kappa shape index (κ2) is 10.6. The quantitative estimate of drug-likeness (QED) is 0.229. The van der Waals surface area contributed by atoms with Gasteiger partial charge in [0.15, 0.2) is 5.96 Å². The van der Waals surface area contributed by atoms with Gasteiger partial charge in [-0.25, -0.2) is 4.99 Å². The molecular weight excluding hydrogens is 401 g/mol. The molecule has 1 aliphatic rings. The van der Waals surface area contributed by atoms with Gasteiger partial charge in [-0.3, -0.25) is 0 Å². The van der Waals surface area contributed by atoms with Gasteiger partial charge in [0.1, 0.15) is 0 Å². The highest BCUT2D eigenvalue weighted by atomic mass is 127. The Hall–Kier alpha value is -1.08. The van der Waals surface area contributed by atoms with Crippen LogP contribution in [0.1, 0.15) is 43.4 Å². The van der Waals surface area contributed by atoms with Crippen molar-refractivity contribution in [3.63, 3.8) is 0 Å². The fourth-order valence-corrected chi connectivity index (χ4v) is 2.67. The number of hydrogen-bond acceptors (Lipinski definition) is 2. The Morgan fingerprint density at radius 3 is 3.00 bits per heavy atom. The number of fused-ring (bicyclic) bond motifs is 1. The van der Waals surface area contributed by atoms with E-state index in [-0.39, 0.29) is 30.1 Å². The van der Waals surface area contributed by atoms with E-state index in [9.17, 15) is 0 Å². The summed E-state index contributed by atoms with van der Waals surface area (Å²) in [6.45, 7) is 7.82. The van der Waals surface area contributed by atoms with Gasteiger partial charge >= 0.3 is 0 Å². The van der Waals surface area contributed by atoms with Crippen molar-refractivity contribution in [2.75, 3.05) is 19.7 Å². The molecule has 1 aromatic rings. The molecule has 0 saturated carbocycles. The first-order chi connectivity index (χ1) is 10.7. The summed E-state index contributed by atoms with van der Waals surface area (Å²) in [5, 5.41) is 3.10. The normalized spacial score (nSPS) is 17.1. The number of guanidine groups is 1. The fraction of sp³-hybridized carbons (Fsp3) is 0.500. The van der Waals surface area contributed by atoms with Gasteiger partial charge in [0.25, 0.3) is 0 Å². The molecule has 0 amide bonds. The first-order valence-corrected chi connectivity index (χ1v) is 8.04. The predicted octanol–water partition coefficient (Wildman–Crippen LogP) is 3.57. The number of rotatable bonds is 7. The van der Waals surface area contributed by atoms with Crippen LogP contribution in [0.5, 0.6) is 0 Å². The SMILES string of the molecule is C=C(C)CN=C(N)NCCCOC1CCCc2ccccc21.I. The number of ether oxygens (including phenoxy) is 1. The van der Waals surface area contributed by atoms with Crippen molar-refractivity contribution in [2.45, 2.75) is 38.7 Å². The van der Waals surface area contributed by atoms with Crippen LogP contribution in [-0.2, 0) is 11.2 Å². The number of aryl methyl sites for hydroxylation is 1. The molecule has 2 rings (SSSR count). The molecule has 1 aliphatic carbocycles. The molecule has 5 heteroatoms. The highest BCUT2D eigenvalue weighted by Gasteiger charge is 2.19. The number of halogens is 1. The third kappa shape index (κ3) is 6.91. The van der Waals surface area contributed by atoms with Crippen molar-refractivity contribution >= 4 is 29.9 Å². The maximum absolute atomic E-state index is 6.05. The minimum Gasteiger partial charge on any atom is -0.373 e. The lowest BCUT2D eigenvalue weighted by molar-refractivity contribution is 0.0398. The van der Waals surface area contributed by atoms with Gasteiger partial charge in [-0.05, 0) is 43.7 Å². The lowest BCUT2D eigenvalue weighted by atomic mass is 9.89. The molecule has 0 spiro atoms. The van der Waals surface area contributed by atoms with Crippen LogP contribution >= 0.6 is 24.0 Å². The first kappa shape index (κ1) is 20.0. The van der Waals surface area contributed by atoms with E-state index in [0.717, 1.165) is 31.6 Å². The van der Waals surface area contributed by atoms with E-state index < -0.39 is 0 Å². The molecular formula is C18H28IN3O. The monoisotopic (exact) mass is 429 g/mol. The van der Waals surface area contributed by atoms with E-state index in [1.807, 2.05) is 6.92 Å². The number of aliphatic imine (C=N–C) groups is 1. The average molecular weight is 429 g/mol. The maximum Gasteiger partial charge on any atom is 0.188 e. The second-order valence-corrected chi connectivity index (χ2v) is 5.89. The fourth-order valence-electron chi connectivity index (χ4n) is 2.67. The lowest BCUT2D eigenvalue weighted by Crippen LogP contribution is -2.33. The minimum atomic E-state index is 0. The average Bonchev–Trinajstić information content (AvgIpc) is 2.52. The Balaban J connectivity index is 0.00000264. The first-order valence-electron chi connectivity index (χ1n) is 8.04. The summed E-state index contributed by atoms with van der Waals surface area (Å²) in [4.78, 5) is 4.18. The van der Waals surface area contributed by atoms with E-state index in [0.29, 0.717) is 12.5 Å². The lowest BCUT2D eigenvalue weighted by Gasteiger charge is -2.25. The van der Waals surface area contributed by atoms with Gasteiger partial charge in [0, 0.05) is 13.2 Å². The molecule has 4 nitrogen and oxygen atoms in total. The largest absolute Gasteiger partial charge is 0.373 e. The Kier molecular flexibility index (Phi) is 9.24. The molecule has 0 heterocycles. The summed E-state index contributed by atoms with van der Waals surface area (Å²) in [5.74, 6) is 0.478. The zero-order valence-corrected chi connectivity index (χ0v) is 16.2. The molecule has 0 saturated heterocycles. The Labute approximate surface area is 156 Å². The number of nitrogens with two attached hydrogens (primary N) is 1. The number of benzene rings is 1. The molecule has 0 aromatic heterocycles. The summed E-state index contributed by atoms with van der Waals surface area (Å²) in [7, 11) is 0.